The molecule has 0 aliphatic carbocycles. The van der Waals surface area contributed by atoms with Gasteiger partial charge in [-0.1, -0.05) is 83.7 Å². The normalized spacial score (nSPS) is 17.2. The number of hydrogen-bond donors (Lipinski definition) is 3. The Balaban J connectivity index is 0.000000406. The van der Waals surface area contributed by atoms with E-state index in [1.165, 1.54) is 82.0 Å². The van der Waals surface area contributed by atoms with E-state index in [9.17, 15) is 18.0 Å². The molecular formula is C28H50N3O7S+. The van der Waals surface area contributed by atoms with Crippen LogP contribution >= 0.6 is 0 Å². The minimum Gasteiger partial charge on any atom is -0.445 e. The van der Waals surface area contributed by atoms with Gasteiger partial charge < -0.3 is 19.6 Å². The van der Waals surface area contributed by atoms with E-state index in [-0.39, 0.29) is 10.9 Å². The Bertz CT molecular complexity index is 906. The molecule has 1 fully saturated rings. The summed E-state index contributed by atoms with van der Waals surface area (Å²) in [6.07, 6.45) is 10.1. The molecule has 1 saturated heterocycles. The maximum Gasteiger partial charge on any atom is 0.408 e. The van der Waals surface area contributed by atoms with E-state index in [4.69, 9.17) is 14.4 Å². The molecule has 1 aromatic rings. The lowest BCUT2D eigenvalue weighted by atomic mass is 10.0. The van der Waals surface area contributed by atoms with E-state index < -0.39 is 41.0 Å². The van der Waals surface area contributed by atoms with Crippen LogP contribution in [0.15, 0.2) is 30.3 Å². The lowest BCUT2D eigenvalue weighted by molar-refractivity contribution is -0.929. The Hall–Kier alpha value is -2.21. The zero-order valence-electron chi connectivity index (χ0n) is 24.2. The zero-order chi connectivity index (χ0) is 29.3. The third-order valence-corrected chi connectivity index (χ3v) is 7.98. The van der Waals surface area contributed by atoms with E-state index in [1.807, 2.05) is 0 Å². The second-order valence-corrected chi connectivity index (χ2v) is 11.5. The van der Waals surface area contributed by atoms with Crippen LogP contribution < -0.4 is 5.32 Å². The summed E-state index contributed by atoms with van der Waals surface area (Å²) >= 11 is 0. The highest BCUT2D eigenvalue weighted by molar-refractivity contribution is 7.84. The second-order valence-electron chi connectivity index (χ2n) is 10.2. The highest BCUT2D eigenvalue weighted by atomic mass is 32.2. The van der Waals surface area contributed by atoms with Crippen LogP contribution in [0.3, 0.4) is 0 Å². The van der Waals surface area contributed by atoms with Gasteiger partial charge in [-0.3, -0.25) is 9.35 Å². The Morgan fingerprint density at radius 2 is 1.38 bits per heavy atom. The van der Waals surface area contributed by atoms with Gasteiger partial charge in [-0.2, -0.15) is 8.42 Å². The van der Waals surface area contributed by atoms with Gasteiger partial charge in [-0.05, 0) is 31.2 Å². The van der Waals surface area contributed by atoms with Crippen LogP contribution in [0.25, 0.3) is 0 Å². The molecule has 1 aliphatic rings. The number of quaternary nitrogens is 1. The number of carbonyl (C=O) groups excluding carboxylic acids is 2. The number of nitrogens with zero attached hydrogens (tertiary/aromatic N) is 2. The predicted octanol–water partition coefficient (Wildman–Crippen LogP) is 4.29. The Labute approximate surface area is 235 Å². The number of hydrogen-bond acceptors (Lipinski definition) is 6. The molecule has 1 heterocycles. The first-order valence-electron chi connectivity index (χ1n) is 14.3. The number of unbranched alkanes of at least 4 members (excludes halogenated alkanes) is 4. The van der Waals surface area contributed by atoms with E-state index in [0.717, 1.165) is 5.56 Å². The average molecular weight is 573 g/mol. The van der Waals surface area contributed by atoms with Crippen molar-refractivity contribution in [2.24, 2.45) is 0 Å². The van der Waals surface area contributed by atoms with Crippen molar-refractivity contribution in [2.45, 2.75) is 97.8 Å². The topological polar surface area (TPSA) is 133 Å². The second kappa shape index (κ2) is 18.2. The van der Waals surface area contributed by atoms with Crippen LogP contribution in [-0.2, 0) is 26.4 Å². The number of aliphatic hydroxyl groups is 1. The fraction of sp³-hybridized carbons (Fsp3) is 0.714. The minimum atomic E-state index is -4.77. The first kappa shape index (κ1) is 34.8. The van der Waals surface area contributed by atoms with Gasteiger partial charge in [0.05, 0.1) is 32.8 Å². The van der Waals surface area contributed by atoms with Gasteiger partial charge in [0.15, 0.2) is 0 Å². The van der Waals surface area contributed by atoms with Crippen molar-refractivity contribution in [3.8, 4) is 0 Å². The molecule has 10 nitrogen and oxygen atoms in total. The number of ether oxygens (including phenoxy) is 1. The molecule has 0 saturated carbocycles. The van der Waals surface area contributed by atoms with Crippen LogP contribution in [0.5, 0.6) is 0 Å². The van der Waals surface area contributed by atoms with Crippen LogP contribution in [0, 0.1) is 0 Å². The van der Waals surface area contributed by atoms with Crippen LogP contribution in [0.2, 0.25) is 0 Å². The molecule has 3 N–H and O–H groups in total. The van der Waals surface area contributed by atoms with E-state index >= 15 is 0 Å². The smallest absolute Gasteiger partial charge is 0.408 e. The van der Waals surface area contributed by atoms with Crippen molar-refractivity contribution in [2.75, 3.05) is 32.8 Å². The summed E-state index contributed by atoms with van der Waals surface area (Å²) in [6.45, 7) is 14.2. The Morgan fingerprint density at radius 1 is 0.923 bits per heavy atom. The zero-order valence-corrected chi connectivity index (χ0v) is 25.0. The lowest BCUT2D eigenvalue weighted by Gasteiger charge is -2.42. The van der Waals surface area contributed by atoms with Crippen molar-refractivity contribution in [3.05, 3.63) is 35.9 Å². The summed E-state index contributed by atoms with van der Waals surface area (Å²) in [5, 5.41) is 11.2. The molecule has 1 aliphatic heterocycles. The fourth-order valence-corrected chi connectivity index (χ4v) is 5.55. The molecule has 39 heavy (non-hydrogen) atoms. The summed E-state index contributed by atoms with van der Waals surface area (Å²) in [6, 6.07) is 6.26. The molecule has 0 aromatic heterocycles. The largest absolute Gasteiger partial charge is 0.445 e. The minimum absolute atomic E-state index is 0.0284. The van der Waals surface area contributed by atoms with E-state index in [0.29, 0.717) is 0 Å². The Morgan fingerprint density at radius 3 is 1.77 bits per heavy atom. The molecule has 224 valence electrons. The van der Waals surface area contributed by atoms with Gasteiger partial charge in [-0.25, -0.2) is 9.10 Å². The van der Waals surface area contributed by atoms with Crippen molar-refractivity contribution in [3.63, 3.8) is 0 Å². The van der Waals surface area contributed by atoms with Gasteiger partial charge in [0.2, 0.25) is 0 Å². The van der Waals surface area contributed by atoms with Crippen LogP contribution in [0.4, 0.5) is 4.79 Å². The number of nitrogens with one attached hydrogen (secondary N) is 1. The summed E-state index contributed by atoms with van der Waals surface area (Å²) in [5.41, 5.74) is 0.732. The first-order chi connectivity index (χ1) is 18.6. The molecule has 2 unspecified atom stereocenters. The highest BCUT2D eigenvalue weighted by Crippen LogP contribution is 2.23. The van der Waals surface area contributed by atoms with Gasteiger partial charge >= 0.3 is 16.4 Å². The van der Waals surface area contributed by atoms with Crippen molar-refractivity contribution in [1.82, 2.24) is 9.62 Å². The van der Waals surface area contributed by atoms with E-state index in [1.54, 1.807) is 30.3 Å². The molecule has 11 heteroatoms. The van der Waals surface area contributed by atoms with Crippen molar-refractivity contribution in [1.29, 1.82) is 0 Å². The maximum atomic E-state index is 11.6. The number of β-lactam (4-membered cyclic amide) rings is 1. The summed E-state index contributed by atoms with van der Waals surface area (Å²) in [4.78, 5) is 23.2. The van der Waals surface area contributed by atoms with Crippen molar-refractivity contribution < 1.29 is 36.9 Å². The predicted molar refractivity (Wildman–Crippen MR) is 152 cm³/mol. The number of benzene rings is 1. The van der Waals surface area contributed by atoms with Crippen LogP contribution in [0.1, 0.15) is 84.6 Å². The number of amides is 2. The maximum absolute atomic E-state index is 11.6. The van der Waals surface area contributed by atoms with Gasteiger partial charge in [-0.15, -0.1) is 0 Å². The summed E-state index contributed by atoms with van der Waals surface area (Å²) in [5.74, 6) is -1.04. The number of rotatable bonds is 17. The monoisotopic (exact) mass is 572 g/mol. The van der Waals surface area contributed by atoms with Gasteiger partial charge in [0.1, 0.15) is 18.7 Å². The molecule has 0 radical (unpaired) electrons. The van der Waals surface area contributed by atoms with Gasteiger partial charge in [0, 0.05) is 0 Å². The van der Waals surface area contributed by atoms with Crippen molar-refractivity contribution >= 4 is 22.3 Å². The molecule has 0 bridgehead atoms. The molecular weight excluding hydrogens is 522 g/mol. The fourth-order valence-electron chi connectivity index (χ4n) is 4.68. The third-order valence-electron chi connectivity index (χ3n) is 7.04. The number of alkyl carbamates (subject to hydrolysis) is 1. The van der Waals surface area contributed by atoms with E-state index in [2.05, 4.69) is 33.0 Å². The summed E-state index contributed by atoms with van der Waals surface area (Å²) < 4.78 is 37.1. The van der Waals surface area contributed by atoms with Gasteiger partial charge in [0.25, 0.3) is 5.91 Å². The third kappa shape index (κ3) is 11.8. The number of aliphatic hydroxyl groups excluding tert-OH is 1. The van der Waals surface area contributed by atoms with Crippen LogP contribution in [-0.4, -0.2) is 83.7 Å². The lowest BCUT2D eigenvalue weighted by Crippen LogP contribution is -2.73. The standard InChI is InChI=1S/C16H36N.C12H14N2O7S/c1-5-9-13-17(14-10-6-2,15-11-7-3)16-12-8-4;15-6-9-10(11(16)14(9)22(18,19)20)13-12(17)21-7-8-4-2-1-3-5-8/h5-16H2,1-4H3;1-5,9-10,15H,6-7H2,(H,13,17)(H,18,19,20)/q+1;. The molecule has 2 atom stereocenters. The average Bonchev–Trinajstić information content (AvgIpc) is 2.92. The summed E-state index contributed by atoms with van der Waals surface area (Å²) in [7, 11) is -4.77. The molecule has 2 rings (SSSR count). The molecule has 2 amide bonds. The SMILES string of the molecule is CCCC[N+](CCCC)(CCCC)CCCC.O=C(NC1C(=O)N(S(=O)(=O)O)C1CO)OCc1ccccc1. The quantitative estimate of drug-likeness (QED) is 0.144. The molecule has 0 spiro atoms. The highest BCUT2D eigenvalue weighted by Gasteiger charge is 2.53. The number of carbonyl (C=O) groups is 2. The Kier molecular flexibility index (Phi) is 16.2. The first-order valence-corrected chi connectivity index (χ1v) is 15.7. The molecule has 1 aromatic carbocycles.